The molecule has 0 aliphatic carbocycles. The topological polar surface area (TPSA) is 117 Å². The highest BCUT2D eigenvalue weighted by molar-refractivity contribution is 7.18. The van der Waals surface area contributed by atoms with E-state index in [-0.39, 0.29) is 34.3 Å². The summed E-state index contributed by atoms with van der Waals surface area (Å²) in [7, 11) is 0. The Kier molecular flexibility index (Phi) is 7.08. The lowest BCUT2D eigenvalue weighted by atomic mass is 10.1. The van der Waals surface area contributed by atoms with Crippen LogP contribution in [0.1, 0.15) is 61.3 Å². The van der Waals surface area contributed by atoms with E-state index in [2.05, 4.69) is 15.5 Å². The lowest BCUT2D eigenvalue weighted by Crippen LogP contribution is -2.17. The van der Waals surface area contributed by atoms with Crippen LogP contribution < -0.4 is 5.32 Å². The molecule has 0 fully saturated rings. The van der Waals surface area contributed by atoms with Gasteiger partial charge < -0.3 is 14.8 Å². The van der Waals surface area contributed by atoms with Gasteiger partial charge in [0.2, 0.25) is 0 Å². The summed E-state index contributed by atoms with van der Waals surface area (Å²) in [6.07, 6.45) is 1.67. The lowest BCUT2D eigenvalue weighted by molar-refractivity contribution is 0.0527. The molecule has 0 unspecified atom stereocenters. The van der Waals surface area contributed by atoms with Crippen molar-refractivity contribution in [3.05, 3.63) is 51.4 Å². The first-order valence-electron chi connectivity index (χ1n) is 10.1. The number of nitrogens with zero attached hydrogens (tertiary/aromatic N) is 4. The van der Waals surface area contributed by atoms with Crippen molar-refractivity contribution in [2.45, 2.75) is 41.3 Å². The normalized spacial score (nSPS) is 10.8. The number of carbonyl (C=O) groups is 3. The van der Waals surface area contributed by atoms with Gasteiger partial charge in [-0.3, -0.25) is 9.48 Å². The third kappa shape index (κ3) is 4.88. The summed E-state index contributed by atoms with van der Waals surface area (Å²) in [5, 5.41) is 11.6. The van der Waals surface area contributed by atoms with Gasteiger partial charge in [0.1, 0.15) is 16.5 Å². The van der Waals surface area contributed by atoms with E-state index < -0.39 is 17.8 Å². The van der Waals surface area contributed by atoms with E-state index in [0.29, 0.717) is 12.2 Å². The van der Waals surface area contributed by atoms with Gasteiger partial charge in [-0.2, -0.15) is 10.2 Å². The smallest absolute Gasteiger partial charge is 0.348 e. The summed E-state index contributed by atoms with van der Waals surface area (Å²) >= 11 is 0.969. The minimum absolute atomic E-state index is 0.135. The van der Waals surface area contributed by atoms with Crippen LogP contribution >= 0.6 is 11.3 Å². The molecule has 0 aliphatic heterocycles. The number of rotatable bonds is 8. The Morgan fingerprint density at radius 1 is 1.06 bits per heavy atom. The maximum atomic E-state index is 12.8. The molecule has 11 heteroatoms. The highest BCUT2D eigenvalue weighted by Crippen LogP contribution is 2.34. The molecule has 170 valence electrons. The second-order valence-electron chi connectivity index (χ2n) is 6.96. The average molecular weight is 460 g/mol. The van der Waals surface area contributed by atoms with Crippen LogP contribution in [0.2, 0.25) is 0 Å². The monoisotopic (exact) mass is 459 g/mol. The first kappa shape index (κ1) is 23.2. The van der Waals surface area contributed by atoms with Crippen LogP contribution in [-0.2, 0) is 16.1 Å². The SMILES string of the molecule is CCOC(=O)c1sc(NC(=O)c2ccn(Cn3nc(C)cc3C)n2)c(C(=O)OCC)c1C. The second kappa shape index (κ2) is 9.77. The van der Waals surface area contributed by atoms with Crippen LogP contribution in [0.3, 0.4) is 0 Å². The predicted molar refractivity (Wildman–Crippen MR) is 118 cm³/mol. The first-order valence-corrected chi connectivity index (χ1v) is 10.9. The highest BCUT2D eigenvalue weighted by atomic mass is 32.1. The van der Waals surface area contributed by atoms with Gasteiger partial charge in [-0.1, -0.05) is 0 Å². The maximum absolute atomic E-state index is 12.8. The molecule has 0 saturated carbocycles. The van der Waals surface area contributed by atoms with E-state index in [1.54, 1.807) is 42.4 Å². The van der Waals surface area contributed by atoms with E-state index in [1.807, 2.05) is 19.9 Å². The zero-order valence-electron chi connectivity index (χ0n) is 18.6. The van der Waals surface area contributed by atoms with Crippen LogP contribution in [0.5, 0.6) is 0 Å². The van der Waals surface area contributed by atoms with Gasteiger partial charge >= 0.3 is 11.9 Å². The number of aromatic nitrogens is 4. The predicted octanol–water partition coefficient (Wildman–Crippen LogP) is 3.18. The number of esters is 2. The van der Waals surface area contributed by atoms with Gasteiger partial charge in [0.05, 0.1) is 24.5 Å². The fraction of sp³-hybridized carbons (Fsp3) is 0.381. The van der Waals surface area contributed by atoms with Crippen molar-refractivity contribution in [3.8, 4) is 0 Å². The molecule has 32 heavy (non-hydrogen) atoms. The minimum Gasteiger partial charge on any atom is -0.462 e. The number of carbonyl (C=O) groups excluding carboxylic acids is 3. The molecule has 1 amide bonds. The van der Waals surface area contributed by atoms with Gasteiger partial charge in [0.15, 0.2) is 5.69 Å². The van der Waals surface area contributed by atoms with Gasteiger partial charge in [0.25, 0.3) is 5.91 Å². The molecule has 0 bridgehead atoms. The van der Waals surface area contributed by atoms with E-state index in [0.717, 1.165) is 22.7 Å². The van der Waals surface area contributed by atoms with Crippen molar-refractivity contribution >= 4 is 34.2 Å². The number of thiophene rings is 1. The summed E-state index contributed by atoms with van der Waals surface area (Å²) < 4.78 is 13.5. The van der Waals surface area contributed by atoms with Gasteiger partial charge in [-0.25, -0.2) is 14.3 Å². The number of aryl methyl sites for hydroxylation is 2. The van der Waals surface area contributed by atoms with Crippen molar-refractivity contribution in [2.24, 2.45) is 0 Å². The summed E-state index contributed by atoms with van der Waals surface area (Å²) in [5.41, 5.74) is 2.56. The van der Waals surface area contributed by atoms with Crippen LogP contribution in [0, 0.1) is 20.8 Å². The van der Waals surface area contributed by atoms with Crippen molar-refractivity contribution in [1.29, 1.82) is 0 Å². The van der Waals surface area contributed by atoms with E-state index in [9.17, 15) is 14.4 Å². The van der Waals surface area contributed by atoms with E-state index in [1.165, 1.54) is 0 Å². The summed E-state index contributed by atoms with van der Waals surface area (Å²) in [4.78, 5) is 37.8. The number of nitrogens with one attached hydrogen (secondary N) is 1. The molecule has 0 aromatic carbocycles. The molecule has 3 aromatic heterocycles. The quantitative estimate of drug-likeness (QED) is 0.514. The first-order chi connectivity index (χ1) is 15.2. The van der Waals surface area contributed by atoms with Crippen molar-refractivity contribution < 1.29 is 23.9 Å². The Labute approximate surface area is 189 Å². The third-order valence-corrected chi connectivity index (χ3v) is 5.76. The Morgan fingerprint density at radius 3 is 2.38 bits per heavy atom. The largest absolute Gasteiger partial charge is 0.462 e. The number of hydrogen-bond acceptors (Lipinski definition) is 8. The Bertz CT molecular complexity index is 1160. The summed E-state index contributed by atoms with van der Waals surface area (Å²) in [6.45, 7) is 9.54. The Morgan fingerprint density at radius 2 is 1.75 bits per heavy atom. The molecule has 0 radical (unpaired) electrons. The standard InChI is InChI=1S/C21H25N5O5S/c1-6-30-20(28)16-14(5)17(21(29)31-7-2)32-19(16)22-18(27)15-8-9-25(24-15)11-26-13(4)10-12(3)23-26/h8-10H,6-7,11H2,1-5H3,(H,22,27). The van der Waals surface area contributed by atoms with E-state index in [4.69, 9.17) is 9.47 Å². The van der Waals surface area contributed by atoms with Gasteiger partial charge in [-0.05, 0) is 52.3 Å². The number of amides is 1. The zero-order valence-corrected chi connectivity index (χ0v) is 19.4. The number of anilines is 1. The van der Waals surface area contributed by atoms with Crippen LogP contribution in [0.4, 0.5) is 5.00 Å². The Balaban J connectivity index is 1.84. The van der Waals surface area contributed by atoms with Gasteiger partial charge in [-0.15, -0.1) is 11.3 Å². The number of ether oxygens (including phenoxy) is 2. The Hall–Kier alpha value is -3.47. The maximum Gasteiger partial charge on any atom is 0.348 e. The van der Waals surface area contributed by atoms with Gasteiger partial charge in [0, 0.05) is 11.9 Å². The molecule has 3 aromatic rings. The van der Waals surface area contributed by atoms with E-state index >= 15 is 0 Å². The molecule has 1 N–H and O–H groups in total. The molecule has 0 aliphatic rings. The van der Waals surface area contributed by atoms with Crippen molar-refractivity contribution in [2.75, 3.05) is 18.5 Å². The molecule has 3 heterocycles. The van der Waals surface area contributed by atoms with Crippen molar-refractivity contribution in [3.63, 3.8) is 0 Å². The molecule has 3 rings (SSSR count). The third-order valence-electron chi connectivity index (χ3n) is 4.57. The zero-order chi connectivity index (χ0) is 23.4. The molecule has 0 saturated heterocycles. The molecule has 0 spiro atoms. The second-order valence-corrected chi connectivity index (χ2v) is 7.98. The fourth-order valence-electron chi connectivity index (χ4n) is 3.13. The lowest BCUT2D eigenvalue weighted by Gasteiger charge is -2.06. The average Bonchev–Trinajstić information content (AvgIpc) is 3.40. The van der Waals surface area contributed by atoms with Crippen LogP contribution in [-0.4, -0.2) is 50.6 Å². The van der Waals surface area contributed by atoms with Crippen molar-refractivity contribution in [1.82, 2.24) is 19.6 Å². The van der Waals surface area contributed by atoms with Crippen LogP contribution in [0.15, 0.2) is 18.3 Å². The molecular formula is C21H25N5O5S. The number of hydrogen-bond donors (Lipinski definition) is 1. The molecular weight excluding hydrogens is 434 g/mol. The molecule has 0 atom stereocenters. The summed E-state index contributed by atoms with van der Waals surface area (Å²) in [5.74, 6) is -1.70. The summed E-state index contributed by atoms with van der Waals surface area (Å²) in [6, 6.07) is 3.52. The highest BCUT2D eigenvalue weighted by Gasteiger charge is 2.28. The fourth-order valence-corrected chi connectivity index (χ4v) is 4.21. The van der Waals surface area contributed by atoms with Crippen LogP contribution in [0.25, 0.3) is 0 Å². The minimum atomic E-state index is -0.623. The molecule has 10 nitrogen and oxygen atoms in total.